The third-order valence-corrected chi connectivity index (χ3v) is 5.09. The van der Waals surface area contributed by atoms with E-state index in [-0.39, 0.29) is 0 Å². The Kier molecular flexibility index (Phi) is 6.33. The second-order valence-corrected chi connectivity index (χ2v) is 6.90. The van der Waals surface area contributed by atoms with Gasteiger partial charge in [-0.1, -0.05) is 71.8 Å². The van der Waals surface area contributed by atoms with Crippen molar-refractivity contribution in [2.24, 2.45) is 0 Å². The minimum absolute atomic E-state index is 0.760. The first-order valence-corrected chi connectivity index (χ1v) is 9.07. The minimum Gasteiger partial charge on any atom is -0.297 e. The van der Waals surface area contributed by atoms with E-state index in [1.807, 2.05) is 24.3 Å². The average molecular weight is 361 g/mol. The maximum absolute atomic E-state index is 6.27. The van der Waals surface area contributed by atoms with Crippen molar-refractivity contribution in [3.63, 3.8) is 0 Å². The second-order valence-electron chi connectivity index (χ2n) is 6.09. The van der Waals surface area contributed by atoms with Gasteiger partial charge < -0.3 is 0 Å². The highest BCUT2D eigenvalue weighted by Crippen LogP contribution is 2.26. The first-order valence-electron chi connectivity index (χ1n) is 8.31. The largest absolute Gasteiger partial charge is 0.297 e. The molecule has 0 aliphatic carbocycles. The Morgan fingerprint density at radius 1 is 0.792 bits per heavy atom. The van der Waals surface area contributed by atoms with Crippen LogP contribution >= 0.6 is 23.2 Å². The quantitative estimate of drug-likeness (QED) is 0.753. The summed E-state index contributed by atoms with van der Waals surface area (Å²) in [5.74, 6) is 0. The molecule has 0 N–H and O–H groups in total. The van der Waals surface area contributed by atoms with Gasteiger partial charge in [-0.25, -0.2) is 0 Å². The van der Waals surface area contributed by atoms with Crippen LogP contribution in [-0.4, -0.2) is 42.5 Å². The molecule has 24 heavy (non-hydrogen) atoms. The van der Waals surface area contributed by atoms with Crippen molar-refractivity contribution in [1.29, 1.82) is 0 Å². The van der Waals surface area contributed by atoms with Crippen LogP contribution in [0.1, 0.15) is 11.1 Å². The molecule has 1 heterocycles. The third-order valence-electron chi connectivity index (χ3n) is 4.38. The van der Waals surface area contributed by atoms with Gasteiger partial charge in [0.15, 0.2) is 0 Å². The predicted molar refractivity (Wildman–Crippen MR) is 104 cm³/mol. The van der Waals surface area contributed by atoms with Gasteiger partial charge in [0.25, 0.3) is 0 Å². The van der Waals surface area contributed by atoms with E-state index in [0.717, 1.165) is 54.9 Å². The zero-order valence-electron chi connectivity index (χ0n) is 13.7. The lowest BCUT2D eigenvalue weighted by Gasteiger charge is -2.34. The molecule has 126 valence electrons. The minimum atomic E-state index is 0.760. The van der Waals surface area contributed by atoms with E-state index in [2.05, 4.69) is 46.2 Å². The fraction of sp³-hybridized carbons (Fsp3) is 0.300. The molecule has 2 aromatic carbocycles. The topological polar surface area (TPSA) is 6.48 Å². The SMILES string of the molecule is Clc1cccc(Cl)c1CN1CCN(CC=Cc2ccccc2)CC1. The van der Waals surface area contributed by atoms with Crippen molar-refractivity contribution in [1.82, 2.24) is 9.80 Å². The van der Waals surface area contributed by atoms with E-state index < -0.39 is 0 Å². The maximum Gasteiger partial charge on any atom is 0.0465 e. The smallest absolute Gasteiger partial charge is 0.0465 e. The van der Waals surface area contributed by atoms with E-state index in [1.165, 1.54) is 5.56 Å². The molecule has 0 bridgehead atoms. The van der Waals surface area contributed by atoms with Crippen LogP contribution in [0.4, 0.5) is 0 Å². The van der Waals surface area contributed by atoms with E-state index >= 15 is 0 Å². The van der Waals surface area contributed by atoms with E-state index in [0.29, 0.717) is 0 Å². The molecule has 2 nitrogen and oxygen atoms in total. The normalized spacial score (nSPS) is 16.8. The molecule has 0 amide bonds. The highest BCUT2D eigenvalue weighted by atomic mass is 35.5. The number of rotatable bonds is 5. The summed E-state index contributed by atoms with van der Waals surface area (Å²) in [6.07, 6.45) is 4.44. The van der Waals surface area contributed by atoms with Crippen molar-refractivity contribution in [2.45, 2.75) is 6.54 Å². The summed E-state index contributed by atoms with van der Waals surface area (Å²) in [6, 6.07) is 16.1. The average Bonchev–Trinajstić information content (AvgIpc) is 2.61. The highest BCUT2D eigenvalue weighted by molar-refractivity contribution is 6.35. The van der Waals surface area contributed by atoms with Gasteiger partial charge >= 0.3 is 0 Å². The Balaban J connectivity index is 1.47. The molecule has 0 atom stereocenters. The molecule has 0 aromatic heterocycles. The summed E-state index contributed by atoms with van der Waals surface area (Å²) in [6.45, 7) is 6.05. The standard InChI is InChI=1S/C20H22Cl2N2/c21-19-9-4-10-20(22)18(19)16-24-14-12-23(13-15-24)11-5-8-17-6-2-1-3-7-17/h1-10H,11-16H2. The van der Waals surface area contributed by atoms with Gasteiger partial charge in [0.2, 0.25) is 0 Å². The molecule has 2 aromatic rings. The Bertz CT molecular complexity index is 657. The van der Waals surface area contributed by atoms with Gasteiger partial charge in [-0.3, -0.25) is 9.80 Å². The van der Waals surface area contributed by atoms with Crippen molar-refractivity contribution in [2.75, 3.05) is 32.7 Å². The van der Waals surface area contributed by atoms with Crippen LogP contribution in [0.15, 0.2) is 54.6 Å². The molecular weight excluding hydrogens is 339 g/mol. The number of halogens is 2. The molecule has 4 heteroatoms. The lowest BCUT2D eigenvalue weighted by Crippen LogP contribution is -2.45. The molecule has 0 radical (unpaired) electrons. The molecular formula is C20H22Cl2N2. The number of benzene rings is 2. The lowest BCUT2D eigenvalue weighted by molar-refractivity contribution is 0.137. The summed E-state index contributed by atoms with van der Waals surface area (Å²) in [7, 11) is 0. The number of piperazine rings is 1. The van der Waals surface area contributed by atoms with Crippen LogP contribution in [0.2, 0.25) is 10.0 Å². The first-order chi connectivity index (χ1) is 11.7. The first kappa shape index (κ1) is 17.5. The Morgan fingerprint density at radius 2 is 1.42 bits per heavy atom. The Hall–Kier alpha value is -1.32. The van der Waals surface area contributed by atoms with E-state index in [9.17, 15) is 0 Å². The predicted octanol–water partition coefficient (Wildman–Crippen LogP) is 4.82. The van der Waals surface area contributed by atoms with Crippen molar-refractivity contribution in [3.05, 3.63) is 75.8 Å². The van der Waals surface area contributed by atoms with E-state index in [4.69, 9.17) is 23.2 Å². The number of hydrogen-bond acceptors (Lipinski definition) is 2. The van der Waals surface area contributed by atoms with Gasteiger partial charge in [-0.05, 0) is 17.7 Å². The Labute approximate surface area is 154 Å². The van der Waals surface area contributed by atoms with Gasteiger partial charge in [0, 0.05) is 54.9 Å². The van der Waals surface area contributed by atoms with E-state index in [1.54, 1.807) is 0 Å². The van der Waals surface area contributed by atoms with Crippen molar-refractivity contribution < 1.29 is 0 Å². The van der Waals surface area contributed by atoms with Crippen molar-refractivity contribution in [3.8, 4) is 0 Å². The maximum atomic E-state index is 6.27. The van der Waals surface area contributed by atoms with Crippen LogP contribution in [0.5, 0.6) is 0 Å². The number of hydrogen-bond donors (Lipinski definition) is 0. The fourth-order valence-corrected chi connectivity index (χ4v) is 3.46. The van der Waals surface area contributed by atoms with Gasteiger partial charge in [0.05, 0.1) is 0 Å². The monoisotopic (exact) mass is 360 g/mol. The molecule has 1 saturated heterocycles. The molecule has 0 unspecified atom stereocenters. The van der Waals surface area contributed by atoms with Crippen LogP contribution in [0.3, 0.4) is 0 Å². The van der Waals surface area contributed by atoms with Crippen LogP contribution in [-0.2, 0) is 6.54 Å². The summed E-state index contributed by atoms with van der Waals surface area (Å²) in [4.78, 5) is 4.90. The highest BCUT2D eigenvalue weighted by Gasteiger charge is 2.18. The molecule has 3 rings (SSSR count). The van der Waals surface area contributed by atoms with Gasteiger partial charge in [-0.2, -0.15) is 0 Å². The zero-order valence-corrected chi connectivity index (χ0v) is 15.2. The second kappa shape index (κ2) is 8.68. The molecule has 1 aliphatic rings. The number of nitrogens with zero attached hydrogens (tertiary/aromatic N) is 2. The van der Waals surface area contributed by atoms with Crippen LogP contribution in [0, 0.1) is 0 Å². The molecule has 1 fully saturated rings. The van der Waals surface area contributed by atoms with Crippen LogP contribution < -0.4 is 0 Å². The third kappa shape index (κ3) is 4.84. The molecule has 0 spiro atoms. The Morgan fingerprint density at radius 3 is 2.08 bits per heavy atom. The lowest BCUT2D eigenvalue weighted by atomic mass is 10.2. The van der Waals surface area contributed by atoms with Crippen LogP contribution in [0.25, 0.3) is 6.08 Å². The van der Waals surface area contributed by atoms with Gasteiger partial charge in [-0.15, -0.1) is 0 Å². The fourth-order valence-electron chi connectivity index (χ4n) is 2.94. The summed E-state index contributed by atoms with van der Waals surface area (Å²) in [5, 5.41) is 1.52. The summed E-state index contributed by atoms with van der Waals surface area (Å²) in [5.41, 5.74) is 2.29. The summed E-state index contributed by atoms with van der Waals surface area (Å²) < 4.78 is 0. The molecule has 1 aliphatic heterocycles. The molecule has 0 saturated carbocycles. The zero-order chi connectivity index (χ0) is 16.8. The van der Waals surface area contributed by atoms with Crippen molar-refractivity contribution >= 4 is 29.3 Å². The summed E-state index contributed by atoms with van der Waals surface area (Å²) >= 11 is 12.5. The van der Waals surface area contributed by atoms with Gasteiger partial charge in [0.1, 0.15) is 0 Å².